The lowest BCUT2D eigenvalue weighted by molar-refractivity contribution is 0.0982. The number of halogens is 1. The molecule has 1 rings (SSSR count). The lowest BCUT2D eigenvalue weighted by atomic mass is 10.1. The highest BCUT2D eigenvalue weighted by atomic mass is 19.1. The lowest BCUT2D eigenvalue weighted by Crippen LogP contribution is -2.08. The van der Waals surface area contributed by atoms with E-state index in [1.807, 2.05) is 0 Å². The maximum absolute atomic E-state index is 12.7. The van der Waals surface area contributed by atoms with Crippen LogP contribution >= 0.6 is 0 Å². The minimum atomic E-state index is -0.543. The number of phenols is 1. The van der Waals surface area contributed by atoms with E-state index in [4.69, 9.17) is 5.73 Å². The summed E-state index contributed by atoms with van der Waals surface area (Å²) in [7, 11) is 0. The van der Waals surface area contributed by atoms with Crippen LogP contribution in [0.5, 0.6) is 5.75 Å². The zero-order chi connectivity index (χ0) is 9.84. The molecule has 0 spiro atoms. The number of phenolic OH excluding ortho intramolecular Hbond substituents is 1. The van der Waals surface area contributed by atoms with Gasteiger partial charge in [-0.2, -0.15) is 0 Å². The average Bonchev–Trinajstić information content (AvgIpc) is 2.09. The standard InChI is InChI=1S/C9H10FNO2/c10-6-1-2-8(12)7(5-6)9(13)3-4-11/h1-2,5,12H,3-4,11H2. The quantitative estimate of drug-likeness (QED) is 0.689. The molecular formula is C9H10FNO2. The molecule has 0 atom stereocenters. The number of aromatic hydroxyl groups is 1. The molecule has 13 heavy (non-hydrogen) atoms. The average molecular weight is 183 g/mol. The van der Waals surface area contributed by atoms with Gasteiger partial charge in [0.05, 0.1) is 5.56 Å². The molecule has 70 valence electrons. The van der Waals surface area contributed by atoms with Gasteiger partial charge in [-0.15, -0.1) is 0 Å². The summed E-state index contributed by atoms with van der Waals surface area (Å²) in [5.41, 5.74) is 5.15. The monoisotopic (exact) mass is 183 g/mol. The van der Waals surface area contributed by atoms with Crippen LogP contribution in [0.15, 0.2) is 18.2 Å². The van der Waals surface area contributed by atoms with Crippen molar-refractivity contribution in [3.63, 3.8) is 0 Å². The molecular weight excluding hydrogens is 173 g/mol. The van der Waals surface area contributed by atoms with Crippen molar-refractivity contribution in [2.45, 2.75) is 6.42 Å². The van der Waals surface area contributed by atoms with Crippen LogP contribution in [0.1, 0.15) is 16.8 Å². The molecule has 0 saturated heterocycles. The Labute approximate surface area is 75.0 Å². The lowest BCUT2D eigenvalue weighted by Gasteiger charge is -2.01. The zero-order valence-electron chi connectivity index (χ0n) is 6.96. The number of carbonyl (C=O) groups is 1. The Morgan fingerprint density at radius 1 is 1.54 bits per heavy atom. The van der Waals surface area contributed by atoms with Crippen LogP contribution in [0.3, 0.4) is 0 Å². The van der Waals surface area contributed by atoms with Crippen LogP contribution in [0, 0.1) is 5.82 Å². The number of benzene rings is 1. The summed E-state index contributed by atoms with van der Waals surface area (Å²) in [5.74, 6) is -1.10. The number of Topliss-reactive ketones (excluding diaryl/α,β-unsaturated/α-hetero) is 1. The first-order chi connectivity index (χ1) is 6.15. The van der Waals surface area contributed by atoms with Gasteiger partial charge < -0.3 is 10.8 Å². The Morgan fingerprint density at radius 2 is 2.23 bits per heavy atom. The first-order valence-corrected chi connectivity index (χ1v) is 3.87. The molecule has 4 heteroatoms. The second kappa shape index (κ2) is 4.00. The molecule has 0 bridgehead atoms. The smallest absolute Gasteiger partial charge is 0.167 e. The Bertz CT molecular complexity index is 325. The summed E-state index contributed by atoms with van der Waals surface area (Å²) in [6.45, 7) is 0.189. The van der Waals surface area contributed by atoms with Gasteiger partial charge in [-0.3, -0.25) is 4.79 Å². The van der Waals surface area contributed by atoms with Gasteiger partial charge in [-0.1, -0.05) is 0 Å². The van der Waals surface area contributed by atoms with Crippen LogP contribution in [-0.4, -0.2) is 17.4 Å². The fourth-order valence-electron chi connectivity index (χ4n) is 0.997. The largest absolute Gasteiger partial charge is 0.507 e. The van der Waals surface area contributed by atoms with E-state index in [1.54, 1.807) is 0 Å². The summed E-state index contributed by atoms with van der Waals surface area (Å²) >= 11 is 0. The summed E-state index contributed by atoms with van der Waals surface area (Å²) in [4.78, 5) is 11.2. The number of hydrogen-bond donors (Lipinski definition) is 2. The molecule has 3 nitrogen and oxygen atoms in total. The molecule has 3 N–H and O–H groups in total. The van der Waals surface area contributed by atoms with Gasteiger partial charge in [-0.05, 0) is 24.7 Å². The molecule has 0 saturated carbocycles. The van der Waals surface area contributed by atoms with E-state index in [9.17, 15) is 14.3 Å². The van der Waals surface area contributed by atoms with E-state index in [1.165, 1.54) is 0 Å². The van der Waals surface area contributed by atoms with Gasteiger partial charge in [0.1, 0.15) is 11.6 Å². The fraction of sp³-hybridized carbons (Fsp3) is 0.222. The van der Waals surface area contributed by atoms with Crippen molar-refractivity contribution in [2.75, 3.05) is 6.54 Å². The maximum atomic E-state index is 12.7. The zero-order valence-corrected chi connectivity index (χ0v) is 6.96. The first kappa shape index (κ1) is 9.67. The molecule has 0 aliphatic rings. The number of rotatable bonds is 3. The Morgan fingerprint density at radius 3 is 2.85 bits per heavy atom. The van der Waals surface area contributed by atoms with Crippen LogP contribution < -0.4 is 5.73 Å². The van der Waals surface area contributed by atoms with Crippen molar-refractivity contribution in [3.8, 4) is 5.75 Å². The Kier molecular flexibility index (Phi) is 2.97. The molecule has 1 aromatic carbocycles. The number of nitrogens with two attached hydrogens (primary N) is 1. The van der Waals surface area contributed by atoms with Crippen molar-refractivity contribution in [2.24, 2.45) is 5.73 Å². The van der Waals surface area contributed by atoms with Crippen LogP contribution in [0.4, 0.5) is 4.39 Å². The fourth-order valence-corrected chi connectivity index (χ4v) is 0.997. The summed E-state index contributed by atoms with van der Waals surface area (Å²) in [6.07, 6.45) is 0.108. The third-order valence-corrected chi connectivity index (χ3v) is 1.63. The maximum Gasteiger partial charge on any atom is 0.167 e. The summed E-state index contributed by atoms with van der Waals surface area (Å²) < 4.78 is 12.7. The molecule has 0 fully saturated rings. The molecule has 0 unspecified atom stereocenters. The van der Waals surface area contributed by atoms with Gasteiger partial charge in [0.25, 0.3) is 0 Å². The van der Waals surface area contributed by atoms with Crippen molar-refractivity contribution < 1.29 is 14.3 Å². The third kappa shape index (κ3) is 2.26. The van der Waals surface area contributed by atoms with Crippen molar-refractivity contribution in [3.05, 3.63) is 29.6 Å². The van der Waals surface area contributed by atoms with Crippen LogP contribution in [-0.2, 0) is 0 Å². The Balaban J connectivity index is 2.99. The predicted octanol–water partition coefficient (Wildman–Crippen LogP) is 1.06. The van der Waals surface area contributed by atoms with E-state index in [0.29, 0.717) is 0 Å². The second-order valence-corrected chi connectivity index (χ2v) is 2.62. The van der Waals surface area contributed by atoms with Crippen LogP contribution in [0.25, 0.3) is 0 Å². The summed E-state index contributed by atoms with van der Waals surface area (Å²) in [6, 6.07) is 3.25. The minimum Gasteiger partial charge on any atom is -0.507 e. The van der Waals surface area contributed by atoms with E-state index >= 15 is 0 Å². The van der Waals surface area contributed by atoms with Gasteiger partial charge in [0.2, 0.25) is 0 Å². The highest BCUT2D eigenvalue weighted by Crippen LogP contribution is 2.18. The van der Waals surface area contributed by atoms with Gasteiger partial charge in [-0.25, -0.2) is 4.39 Å². The molecule has 0 aromatic heterocycles. The molecule has 0 radical (unpaired) electrons. The van der Waals surface area contributed by atoms with Gasteiger partial charge in [0, 0.05) is 6.42 Å². The Hall–Kier alpha value is -1.42. The van der Waals surface area contributed by atoms with Crippen molar-refractivity contribution in [1.82, 2.24) is 0 Å². The number of carbonyl (C=O) groups excluding carboxylic acids is 1. The highest BCUT2D eigenvalue weighted by Gasteiger charge is 2.10. The van der Waals surface area contributed by atoms with Crippen LogP contribution in [0.2, 0.25) is 0 Å². The highest BCUT2D eigenvalue weighted by molar-refractivity contribution is 5.98. The number of hydrogen-bond acceptors (Lipinski definition) is 3. The molecule has 0 amide bonds. The predicted molar refractivity (Wildman–Crippen MR) is 46.1 cm³/mol. The normalized spacial score (nSPS) is 10.0. The molecule has 1 aromatic rings. The van der Waals surface area contributed by atoms with E-state index in [2.05, 4.69) is 0 Å². The molecule has 0 aliphatic heterocycles. The number of ketones is 1. The molecule has 0 heterocycles. The summed E-state index contributed by atoms with van der Waals surface area (Å²) in [5, 5.41) is 9.20. The SMILES string of the molecule is NCCC(=O)c1cc(F)ccc1O. The van der Waals surface area contributed by atoms with Gasteiger partial charge >= 0.3 is 0 Å². The van der Waals surface area contributed by atoms with Crippen molar-refractivity contribution in [1.29, 1.82) is 0 Å². The van der Waals surface area contributed by atoms with E-state index in [-0.39, 0.29) is 30.1 Å². The molecule has 0 aliphatic carbocycles. The van der Waals surface area contributed by atoms with E-state index in [0.717, 1.165) is 18.2 Å². The topological polar surface area (TPSA) is 63.3 Å². The minimum absolute atomic E-state index is 0.00884. The first-order valence-electron chi connectivity index (χ1n) is 3.87. The van der Waals surface area contributed by atoms with E-state index < -0.39 is 5.82 Å². The second-order valence-electron chi connectivity index (χ2n) is 2.62. The van der Waals surface area contributed by atoms with Gasteiger partial charge in [0.15, 0.2) is 5.78 Å². The third-order valence-electron chi connectivity index (χ3n) is 1.63. The van der Waals surface area contributed by atoms with Crippen molar-refractivity contribution >= 4 is 5.78 Å².